The molecule has 3 aromatic rings. The molecule has 0 aliphatic carbocycles. The smallest absolute Gasteiger partial charge is 0.255 e. The normalized spacial score (nSPS) is 15.6. The number of nitrogens with zero attached hydrogens (tertiary/aromatic N) is 3. The second-order valence-electron chi connectivity index (χ2n) is 6.57. The zero-order valence-electron chi connectivity index (χ0n) is 15.4. The van der Waals surface area contributed by atoms with Gasteiger partial charge in [0.1, 0.15) is 5.82 Å². The highest BCUT2D eigenvalue weighted by atomic mass is 19.1. The molecule has 0 saturated carbocycles. The number of nitrogens with two attached hydrogens (primary N) is 1. The summed E-state index contributed by atoms with van der Waals surface area (Å²) in [5.41, 5.74) is 8.66. The van der Waals surface area contributed by atoms with Crippen LogP contribution in [-0.4, -0.2) is 27.7 Å². The maximum absolute atomic E-state index is 14.0. The van der Waals surface area contributed by atoms with Gasteiger partial charge in [-0.3, -0.25) is 4.79 Å². The summed E-state index contributed by atoms with van der Waals surface area (Å²) in [7, 11) is 0. The molecule has 29 heavy (non-hydrogen) atoms. The quantitative estimate of drug-likeness (QED) is 0.703. The van der Waals surface area contributed by atoms with Crippen molar-refractivity contribution in [3.8, 4) is 17.1 Å². The van der Waals surface area contributed by atoms with Crippen LogP contribution in [0.3, 0.4) is 0 Å². The number of benzene rings is 1. The van der Waals surface area contributed by atoms with E-state index >= 15 is 0 Å². The molecule has 1 atom stereocenters. The average molecular weight is 396 g/mol. The first-order valence-electron chi connectivity index (χ1n) is 8.85. The molecule has 1 aliphatic rings. The van der Waals surface area contributed by atoms with Crippen LogP contribution in [0.15, 0.2) is 36.4 Å². The van der Waals surface area contributed by atoms with Crippen molar-refractivity contribution in [3.63, 3.8) is 0 Å². The van der Waals surface area contributed by atoms with E-state index in [-0.39, 0.29) is 17.7 Å². The Morgan fingerprint density at radius 3 is 2.86 bits per heavy atom. The number of amides is 1. The molecular formula is C20H17F2N5O2. The molecule has 9 heteroatoms. The lowest BCUT2D eigenvalue weighted by Crippen LogP contribution is -2.37. The minimum atomic E-state index is -1.03. The SMILES string of the molecule is Cc1nc(N)nc2c1C(=O)NC(c1ccc(F)cc1-c1cccc(OC[18F])n1)C2. The Morgan fingerprint density at radius 2 is 2.07 bits per heavy atom. The molecule has 4 rings (SSSR count). The van der Waals surface area contributed by atoms with Gasteiger partial charge in [0.25, 0.3) is 5.91 Å². The molecule has 3 N–H and O–H groups in total. The van der Waals surface area contributed by atoms with Crippen LogP contribution in [0.25, 0.3) is 11.3 Å². The van der Waals surface area contributed by atoms with Crippen LogP contribution >= 0.6 is 0 Å². The Hall–Kier alpha value is -3.62. The molecule has 0 fully saturated rings. The number of alkyl halides is 1. The molecule has 2 aromatic heterocycles. The number of fused-ring (bicyclic) bond motifs is 1. The van der Waals surface area contributed by atoms with Gasteiger partial charge < -0.3 is 15.8 Å². The van der Waals surface area contributed by atoms with Gasteiger partial charge in [-0.05, 0) is 30.7 Å². The van der Waals surface area contributed by atoms with E-state index in [1.54, 1.807) is 25.1 Å². The molecule has 7 nitrogen and oxygen atoms in total. The largest absolute Gasteiger partial charge is 0.446 e. The van der Waals surface area contributed by atoms with Gasteiger partial charge in [0, 0.05) is 18.1 Å². The number of hydrogen-bond acceptors (Lipinski definition) is 6. The van der Waals surface area contributed by atoms with E-state index in [1.165, 1.54) is 18.2 Å². The summed E-state index contributed by atoms with van der Waals surface area (Å²) < 4.78 is 31.3. The second kappa shape index (κ2) is 7.42. The van der Waals surface area contributed by atoms with Crippen LogP contribution in [0.4, 0.5) is 14.7 Å². The van der Waals surface area contributed by atoms with Gasteiger partial charge in [-0.15, -0.1) is 0 Å². The third-order valence-electron chi connectivity index (χ3n) is 4.70. The van der Waals surface area contributed by atoms with E-state index in [0.717, 1.165) is 0 Å². The topological polar surface area (TPSA) is 103 Å². The lowest BCUT2D eigenvalue weighted by atomic mass is 9.90. The molecule has 0 saturated heterocycles. The zero-order valence-corrected chi connectivity index (χ0v) is 15.4. The van der Waals surface area contributed by atoms with Crippen molar-refractivity contribution in [2.45, 2.75) is 19.4 Å². The predicted octanol–water partition coefficient (Wildman–Crippen LogP) is 2.90. The molecule has 3 heterocycles. The third-order valence-corrected chi connectivity index (χ3v) is 4.70. The molecule has 148 valence electrons. The number of nitrogens with one attached hydrogen (secondary N) is 1. The lowest BCUT2D eigenvalue weighted by Gasteiger charge is -2.27. The molecule has 0 radical (unpaired) electrons. The molecule has 1 amide bonds. The molecule has 1 unspecified atom stereocenters. The van der Waals surface area contributed by atoms with Crippen molar-refractivity contribution in [2.24, 2.45) is 0 Å². The minimum Gasteiger partial charge on any atom is -0.446 e. The Morgan fingerprint density at radius 1 is 1.24 bits per heavy atom. The first kappa shape index (κ1) is 18.7. The van der Waals surface area contributed by atoms with E-state index in [9.17, 15) is 13.6 Å². The Balaban J connectivity index is 1.78. The Kier molecular flexibility index (Phi) is 4.79. The number of anilines is 1. The van der Waals surface area contributed by atoms with Gasteiger partial charge in [0.15, 0.2) is 0 Å². The summed E-state index contributed by atoms with van der Waals surface area (Å²) in [6.45, 7) is 0.669. The highest BCUT2D eigenvalue weighted by Gasteiger charge is 2.30. The summed E-state index contributed by atoms with van der Waals surface area (Å²) in [5, 5.41) is 2.92. The maximum atomic E-state index is 14.0. The molecule has 0 spiro atoms. The van der Waals surface area contributed by atoms with E-state index in [1.807, 2.05) is 0 Å². The number of carbonyl (C=O) groups excluding carboxylic acids is 1. The Bertz CT molecular complexity index is 1110. The summed E-state index contributed by atoms with van der Waals surface area (Å²) in [6.07, 6.45) is 0.355. The molecular weight excluding hydrogens is 379 g/mol. The van der Waals surface area contributed by atoms with Crippen LogP contribution in [0, 0.1) is 12.7 Å². The zero-order chi connectivity index (χ0) is 20.5. The first-order chi connectivity index (χ1) is 14.0. The second-order valence-corrected chi connectivity index (χ2v) is 6.57. The van der Waals surface area contributed by atoms with Crippen molar-refractivity contribution in [3.05, 3.63) is 64.7 Å². The van der Waals surface area contributed by atoms with Crippen LogP contribution in [0.2, 0.25) is 0 Å². The van der Waals surface area contributed by atoms with Crippen molar-refractivity contribution in [2.75, 3.05) is 12.6 Å². The summed E-state index contributed by atoms with van der Waals surface area (Å²) >= 11 is 0. The fourth-order valence-electron chi connectivity index (χ4n) is 3.52. The fourth-order valence-corrected chi connectivity index (χ4v) is 3.52. The molecule has 1 aromatic carbocycles. The number of pyridine rings is 1. The highest BCUT2D eigenvalue weighted by Crippen LogP contribution is 2.33. The van der Waals surface area contributed by atoms with Crippen molar-refractivity contribution in [1.82, 2.24) is 20.3 Å². The maximum Gasteiger partial charge on any atom is 0.255 e. The third kappa shape index (κ3) is 3.58. The average Bonchev–Trinajstić information content (AvgIpc) is 2.67. The molecule has 1 aliphatic heterocycles. The van der Waals surface area contributed by atoms with Gasteiger partial charge >= 0.3 is 0 Å². The number of ether oxygens (including phenoxy) is 1. The number of rotatable bonds is 4. The summed E-state index contributed by atoms with van der Waals surface area (Å²) in [6, 6.07) is 8.53. The van der Waals surface area contributed by atoms with Gasteiger partial charge in [0.05, 0.1) is 28.7 Å². The first-order valence-corrected chi connectivity index (χ1v) is 8.85. The minimum absolute atomic E-state index is 0.0781. The van der Waals surface area contributed by atoms with Crippen molar-refractivity contribution in [1.29, 1.82) is 0 Å². The number of halogens is 2. The van der Waals surface area contributed by atoms with Gasteiger partial charge in [-0.25, -0.2) is 23.7 Å². The lowest BCUT2D eigenvalue weighted by molar-refractivity contribution is 0.0922. The number of aromatic nitrogens is 3. The number of aryl methyl sites for hydroxylation is 1. The summed E-state index contributed by atoms with van der Waals surface area (Å²) in [4.78, 5) is 25.2. The number of carbonyl (C=O) groups is 1. The van der Waals surface area contributed by atoms with E-state index in [2.05, 4.69) is 20.3 Å². The van der Waals surface area contributed by atoms with E-state index < -0.39 is 18.7 Å². The monoisotopic (exact) mass is 396 g/mol. The van der Waals surface area contributed by atoms with Crippen molar-refractivity contribution < 1.29 is 18.3 Å². The van der Waals surface area contributed by atoms with Crippen LogP contribution in [-0.2, 0) is 6.42 Å². The Labute approximate surface area is 165 Å². The van der Waals surface area contributed by atoms with E-state index in [4.69, 9.17) is 10.5 Å². The van der Waals surface area contributed by atoms with Crippen molar-refractivity contribution >= 4 is 11.9 Å². The standard InChI is InChI=1S/C20H17F2N5O2/c1-10-18-16(27-20(23)24-10)8-15(26-19(18)28)12-6-5-11(22)7-13(12)14-3-2-4-17(25-14)29-9-21/h2-7,15H,8-9H2,1H3,(H,26,28)(H2,23,24,27)/i21-1. The van der Waals surface area contributed by atoms with Crippen LogP contribution < -0.4 is 15.8 Å². The predicted molar refractivity (Wildman–Crippen MR) is 101 cm³/mol. The number of hydrogen-bond donors (Lipinski definition) is 2. The van der Waals surface area contributed by atoms with Gasteiger partial charge in [-0.1, -0.05) is 12.1 Å². The fraction of sp³-hybridized carbons (Fsp3) is 0.200. The summed E-state index contributed by atoms with van der Waals surface area (Å²) in [5.74, 6) is -0.625. The number of nitrogen functional groups attached to an aromatic ring is 1. The van der Waals surface area contributed by atoms with Crippen LogP contribution in [0.5, 0.6) is 5.88 Å². The van der Waals surface area contributed by atoms with Gasteiger partial charge in [-0.2, -0.15) is 0 Å². The van der Waals surface area contributed by atoms with Crippen LogP contribution in [0.1, 0.15) is 33.4 Å². The van der Waals surface area contributed by atoms with E-state index in [0.29, 0.717) is 40.2 Å². The van der Waals surface area contributed by atoms with Gasteiger partial charge in [0.2, 0.25) is 18.7 Å². The molecule has 0 bridgehead atoms. The highest BCUT2D eigenvalue weighted by molar-refractivity contribution is 5.98.